The van der Waals surface area contributed by atoms with Crippen LogP contribution in [0.5, 0.6) is 0 Å². The molecule has 0 aliphatic heterocycles. The maximum Gasteiger partial charge on any atom is 0.356 e. The number of amides is 2. The summed E-state index contributed by atoms with van der Waals surface area (Å²) in [6.07, 6.45) is 2.31. The van der Waals surface area contributed by atoms with Crippen LogP contribution in [0, 0.1) is 6.92 Å². The predicted molar refractivity (Wildman–Crippen MR) is 112 cm³/mol. The molecule has 0 aliphatic carbocycles. The summed E-state index contributed by atoms with van der Waals surface area (Å²) in [5, 5.41) is 14.4. The van der Waals surface area contributed by atoms with E-state index < -0.39 is 35.1 Å². The predicted octanol–water partition coefficient (Wildman–Crippen LogP) is 2.84. The molecule has 0 saturated heterocycles. The van der Waals surface area contributed by atoms with Crippen LogP contribution < -0.4 is 10.6 Å². The van der Waals surface area contributed by atoms with Gasteiger partial charge in [-0.15, -0.1) is 11.3 Å². The van der Waals surface area contributed by atoms with Crippen molar-refractivity contribution >= 4 is 45.8 Å². The van der Waals surface area contributed by atoms with Gasteiger partial charge < -0.3 is 20.5 Å². The van der Waals surface area contributed by atoms with Gasteiger partial charge >= 0.3 is 11.9 Å². The molecular weight excluding hydrogens is 424 g/mol. The summed E-state index contributed by atoms with van der Waals surface area (Å²) in [7, 11) is 1.17. The van der Waals surface area contributed by atoms with Crippen molar-refractivity contribution in [2.24, 2.45) is 0 Å². The quantitative estimate of drug-likeness (QED) is 0.496. The number of aromatic carboxylic acids is 1. The first-order valence-corrected chi connectivity index (χ1v) is 9.58. The molecule has 31 heavy (non-hydrogen) atoms. The van der Waals surface area contributed by atoms with Crippen LogP contribution >= 0.6 is 11.3 Å². The Hall–Kier alpha value is -4.12. The maximum absolute atomic E-state index is 12.7. The van der Waals surface area contributed by atoms with Crippen LogP contribution in [0.25, 0.3) is 0 Å². The summed E-state index contributed by atoms with van der Waals surface area (Å²) in [6, 6.07) is 8.71. The first-order chi connectivity index (χ1) is 14.8. The van der Waals surface area contributed by atoms with Crippen LogP contribution in [0.1, 0.15) is 46.6 Å². The van der Waals surface area contributed by atoms with Gasteiger partial charge in [0.1, 0.15) is 5.00 Å². The number of esters is 1. The van der Waals surface area contributed by atoms with Gasteiger partial charge in [0, 0.05) is 18.1 Å². The fourth-order valence-electron chi connectivity index (χ4n) is 2.70. The summed E-state index contributed by atoms with van der Waals surface area (Å²) >= 11 is 0.854. The lowest BCUT2D eigenvalue weighted by atomic mass is 10.1. The molecule has 1 aromatic carbocycles. The normalized spacial score (nSPS) is 10.3. The smallest absolute Gasteiger partial charge is 0.356 e. The van der Waals surface area contributed by atoms with Gasteiger partial charge in [0.2, 0.25) is 0 Å². The van der Waals surface area contributed by atoms with E-state index in [1.54, 1.807) is 37.3 Å². The lowest BCUT2D eigenvalue weighted by Crippen LogP contribution is -2.20. The number of thiophene rings is 1. The van der Waals surface area contributed by atoms with Crippen LogP contribution in [-0.4, -0.2) is 45.9 Å². The van der Waals surface area contributed by atoms with Gasteiger partial charge in [-0.1, -0.05) is 18.2 Å². The number of anilines is 2. The Kier molecular flexibility index (Phi) is 6.36. The average molecular weight is 440 g/mol. The molecule has 0 spiro atoms. The second kappa shape index (κ2) is 9.13. The molecule has 11 heteroatoms. The van der Waals surface area contributed by atoms with E-state index in [0.29, 0.717) is 11.3 Å². The number of carboxylic acid groups (broad SMARTS) is 1. The van der Waals surface area contributed by atoms with Crippen LogP contribution in [0.4, 0.5) is 10.7 Å². The van der Waals surface area contributed by atoms with Crippen molar-refractivity contribution < 1.29 is 29.0 Å². The zero-order valence-corrected chi connectivity index (χ0v) is 17.1. The molecule has 0 bridgehead atoms. The summed E-state index contributed by atoms with van der Waals surface area (Å²) in [6.45, 7) is 1.54. The number of carbonyl (C=O) groups excluding carboxylic acids is 3. The lowest BCUT2D eigenvalue weighted by Gasteiger charge is -2.07. The van der Waals surface area contributed by atoms with Gasteiger partial charge in [0.05, 0.1) is 17.6 Å². The first kappa shape index (κ1) is 21.6. The SMILES string of the molecule is COC(=O)c1c(NC(=O)c2nccnc2C(=O)O)sc(C(=O)Nc2ccccc2)c1C. The Morgan fingerprint density at radius 1 is 0.968 bits per heavy atom. The molecule has 158 valence electrons. The highest BCUT2D eigenvalue weighted by atomic mass is 32.1. The maximum atomic E-state index is 12.7. The minimum Gasteiger partial charge on any atom is -0.476 e. The van der Waals surface area contributed by atoms with E-state index in [1.807, 2.05) is 0 Å². The molecule has 3 aromatic rings. The van der Waals surface area contributed by atoms with Gasteiger partial charge in [-0.3, -0.25) is 9.59 Å². The Balaban J connectivity index is 1.97. The molecule has 0 fully saturated rings. The van der Waals surface area contributed by atoms with E-state index in [-0.39, 0.29) is 15.4 Å². The van der Waals surface area contributed by atoms with Gasteiger partial charge in [-0.25, -0.2) is 19.6 Å². The molecule has 0 unspecified atom stereocenters. The Morgan fingerprint density at radius 3 is 2.23 bits per heavy atom. The minimum absolute atomic E-state index is 0.0140. The summed E-state index contributed by atoms with van der Waals surface area (Å²) in [5.41, 5.74) is -0.142. The number of carbonyl (C=O) groups is 4. The number of nitrogens with zero attached hydrogens (tertiary/aromatic N) is 2. The number of rotatable bonds is 6. The number of benzene rings is 1. The van der Waals surface area contributed by atoms with E-state index in [2.05, 4.69) is 20.6 Å². The molecule has 10 nitrogen and oxygen atoms in total. The van der Waals surface area contributed by atoms with Crippen molar-refractivity contribution in [3.05, 3.63) is 70.1 Å². The van der Waals surface area contributed by atoms with Crippen molar-refractivity contribution in [1.82, 2.24) is 9.97 Å². The molecule has 0 atom stereocenters. The molecule has 2 amide bonds. The van der Waals surface area contributed by atoms with Crippen molar-refractivity contribution in [1.29, 1.82) is 0 Å². The largest absolute Gasteiger partial charge is 0.476 e. The van der Waals surface area contributed by atoms with Gasteiger partial charge in [0.25, 0.3) is 11.8 Å². The number of nitrogens with one attached hydrogen (secondary N) is 2. The Morgan fingerprint density at radius 2 is 1.61 bits per heavy atom. The topological polar surface area (TPSA) is 148 Å². The molecule has 0 aliphatic rings. The minimum atomic E-state index is -1.43. The molecule has 2 heterocycles. The highest BCUT2D eigenvalue weighted by Crippen LogP contribution is 2.34. The number of methoxy groups -OCH3 is 1. The van der Waals surface area contributed by atoms with Crippen LogP contribution in [0.2, 0.25) is 0 Å². The third-order valence-electron chi connectivity index (χ3n) is 4.12. The zero-order valence-electron chi connectivity index (χ0n) is 16.3. The zero-order chi connectivity index (χ0) is 22.5. The molecule has 2 aromatic heterocycles. The molecule has 0 radical (unpaired) electrons. The van der Waals surface area contributed by atoms with E-state index in [9.17, 15) is 24.3 Å². The summed E-state index contributed by atoms with van der Waals surface area (Å²) in [5.74, 6) is -3.57. The average Bonchev–Trinajstić information content (AvgIpc) is 3.09. The highest BCUT2D eigenvalue weighted by Gasteiger charge is 2.28. The van der Waals surface area contributed by atoms with Crippen molar-refractivity contribution in [3.63, 3.8) is 0 Å². The van der Waals surface area contributed by atoms with E-state index >= 15 is 0 Å². The second-order valence-corrected chi connectivity index (χ2v) is 7.11. The van der Waals surface area contributed by atoms with Crippen molar-refractivity contribution in [2.45, 2.75) is 6.92 Å². The molecule has 0 saturated carbocycles. The number of ether oxygens (including phenoxy) is 1. The number of carboxylic acids is 1. The molecule has 3 rings (SSSR count). The monoisotopic (exact) mass is 440 g/mol. The van der Waals surface area contributed by atoms with E-state index in [0.717, 1.165) is 17.5 Å². The fraction of sp³-hybridized carbons (Fsp3) is 0.100. The first-order valence-electron chi connectivity index (χ1n) is 8.77. The third kappa shape index (κ3) is 4.56. The lowest BCUT2D eigenvalue weighted by molar-refractivity contribution is 0.0600. The number of hydrogen-bond donors (Lipinski definition) is 3. The molecular formula is C20H16N4O6S. The van der Waals surface area contributed by atoms with Crippen molar-refractivity contribution in [3.8, 4) is 0 Å². The third-order valence-corrected chi connectivity index (χ3v) is 5.32. The second-order valence-electron chi connectivity index (χ2n) is 6.08. The Labute approximate surface area is 179 Å². The van der Waals surface area contributed by atoms with Crippen molar-refractivity contribution in [2.75, 3.05) is 17.7 Å². The van der Waals surface area contributed by atoms with Crippen LogP contribution in [0.3, 0.4) is 0 Å². The number of hydrogen-bond acceptors (Lipinski definition) is 8. The Bertz CT molecular complexity index is 1180. The number of para-hydroxylation sites is 1. The number of aromatic nitrogens is 2. The van der Waals surface area contributed by atoms with Crippen LogP contribution in [0.15, 0.2) is 42.7 Å². The summed E-state index contributed by atoms with van der Waals surface area (Å²) in [4.78, 5) is 56.6. The highest BCUT2D eigenvalue weighted by molar-refractivity contribution is 7.19. The van der Waals surface area contributed by atoms with Gasteiger partial charge in [-0.05, 0) is 24.6 Å². The summed E-state index contributed by atoms with van der Waals surface area (Å²) < 4.78 is 4.78. The van der Waals surface area contributed by atoms with E-state index in [4.69, 9.17) is 4.74 Å². The molecule has 3 N–H and O–H groups in total. The van der Waals surface area contributed by atoms with Gasteiger partial charge in [-0.2, -0.15) is 0 Å². The van der Waals surface area contributed by atoms with Crippen LogP contribution in [-0.2, 0) is 4.74 Å². The fourth-order valence-corrected chi connectivity index (χ4v) is 3.78. The van der Waals surface area contributed by atoms with Gasteiger partial charge in [0.15, 0.2) is 11.4 Å². The standard InChI is InChI=1S/C20H16N4O6S/c1-10-12(20(29)30-2)18(24-16(25)13-14(19(27)28)22-9-8-21-13)31-15(10)17(26)23-11-6-4-3-5-7-11/h3-9H,1-2H3,(H,23,26)(H,24,25)(H,27,28). The van der Waals surface area contributed by atoms with E-state index in [1.165, 1.54) is 13.3 Å².